The molecule has 1 aromatic carbocycles. The van der Waals surface area contributed by atoms with Gasteiger partial charge in [-0.05, 0) is 5.56 Å². The molecule has 0 spiro atoms. The molecule has 0 aliphatic carbocycles. The third-order valence-electron chi connectivity index (χ3n) is 2.33. The number of hydrogen-bond donors (Lipinski definition) is 2. The molecule has 0 fully saturated rings. The monoisotopic (exact) mass is 255 g/mol. The van der Waals surface area contributed by atoms with Crippen molar-refractivity contribution in [1.29, 1.82) is 0 Å². The fraction of sp³-hybridized carbons (Fsp3) is 0.538. The Hall–Kier alpha value is -0.550. The molecule has 0 saturated carbocycles. The van der Waals surface area contributed by atoms with Crippen LogP contribution in [0.4, 0.5) is 0 Å². The van der Waals surface area contributed by atoms with E-state index in [2.05, 4.69) is 6.92 Å². The second kappa shape index (κ2) is 8.53. The Bertz CT molecular complexity index is 295. The average Bonchev–Trinajstić information content (AvgIpc) is 2.37. The van der Waals surface area contributed by atoms with Crippen molar-refractivity contribution in [3.05, 3.63) is 35.9 Å². The summed E-state index contributed by atoms with van der Waals surface area (Å²) in [4.78, 5) is 0. The number of nitrogens with two attached hydrogens (primary N) is 1. The lowest BCUT2D eigenvalue weighted by molar-refractivity contribution is 0.0397. The molecular weight excluding hydrogens is 234 g/mol. The summed E-state index contributed by atoms with van der Waals surface area (Å²) >= 11 is 1.68. The van der Waals surface area contributed by atoms with Gasteiger partial charge in [0, 0.05) is 17.5 Å². The molecule has 0 radical (unpaired) electrons. The Morgan fingerprint density at radius 1 is 1.35 bits per heavy atom. The van der Waals surface area contributed by atoms with Crippen molar-refractivity contribution in [2.24, 2.45) is 5.73 Å². The molecule has 17 heavy (non-hydrogen) atoms. The topological polar surface area (TPSA) is 55.5 Å². The number of thioether (sulfide) groups is 1. The summed E-state index contributed by atoms with van der Waals surface area (Å²) in [5.74, 6) is 0.674. The van der Waals surface area contributed by atoms with Crippen LogP contribution in [0.5, 0.6) is 0 Å². The third kappa shape index (κ3) is 6.68. The van der Waals surface area contributed by atoms with E-state index in [9.17, 15) is 5.11 Å². The number of aliphatic hydroxyl groups is 1. The zero-order valence-electron chi connectivity index (χ0n) is 10.2. The van der Waals surface area contributed by atoms with Crippen molar-refractivity contribution in [2.45, 2.75) is 24.9 Å². The smallest absolute Gasteiger partial charge is 0.0864 e. The third-order valence-corrected chi connectivity index (χ3v) is 3.67. The van der Waals surface area contributed by atoms with Crippen molar-refractivity contribution < 1.29 is 9.84 Å². The van der Waals surface area contributed by atoms with Gasteiger partial charge in [-0.3, -0.25) is 0 Å². The van der Waals surface area contributed by atoms with Gasteiger partial charge in [0.05, 0.1) is 19.3 Å². The summed E-state index contributed by atoms with van der Waals surface area (Å²) in [7, 11) is 0. The highest BCUT2D eigenvalue weighted by Crippen LogP contribution is 2.11. The van der Waals surface area contributed by atoms with E-state index in [1.165, 1.54) is 0 Å². The van der Waals surface area contributed by atoms with Crippen LogP contribution in [0.25, 0.3) is 0 Å². The van der Waals surface area contributed by atoms with Crippen LogP contribution < -0.4 is 5.73 Å². The molecule has 2 unspecified atom stereocenters. The molecule has 0 heterocycles. The highest BCUT2D eigenvalue weighted by molar-refractivity contribution is 7.99. The largest absolute Gasteiger partial charge is 0.390 e. The van der Waals surface area contributed by atoms with E-state index in [0.29, 0.717) is 30.8 Å². The second-order valence-corrected chi connectivity index (χ2v) is 5.51. The summed E-state index contributed by atoms with van der Waals surface area (Å²) < 4.78 is 5.45. The van der Waals surface area contributed by atoms with Crippen LogP contribution in [0.15, 0.2) is 30.3 Å². The maximum absolute atomic E-state index is 9.68. The highest BCUT2D eigenvalue weighted by Gasteiger charge is 2.07. The standard InChI is InChI=1S/C13H21NO2S/c1-11(7-14)17-10-13(15)9-16-8-12-5-3-2-4-6-12/h2-6,11,13,15H,7-10,14H2,1H3. The number of hydrogen-bond acceptors (Lipinski definition) is 4. The first kappa shape index (κ1) is 14.5. The van der Waals surface area contributed by atoms with Crippen LogP contribution in [0, 0.1) is 0 Å². The van der Waals surface area contributed by atoms with E-state index in [-0.39, 0.29) is 0 Å². The SMILES string of the molecule is CC(CN)SCC(O)COCc1ccccc1. The second-order valence-electron chi connectivity index (χ2n) is 4.03. The van der Waals surface area contributed by atoms with Crippen molar-refractivity contribution in [3.63, 3.8) is 0 Å². The molecule has 3 nitrogen and oxygen atoms in total. The van der Waals surface area contributed by atoms with Gasteiger partial charge < -0.3 is 15.6 Å². The van der Waals surface area contributed by atoms with Gasteiger partial charge in [-0.15, -0.1) is 0 Å². The molecule has 0 amide bonds. The van der Waals surface area contributed by atoms with Gasteiger partial charge in [0.25, 0.3) is 0 Å². The predicted octanol–water partition coefficient (Wildman–Crippen LogP) is 1.64. The van der Waals surface area contributed by atoms with Gasteiger partial charge in [0.15, 0.2) is 0 Å². The minimum Gasteiger partial charge on any atom is -0.390 e. The minimum absolute atomic E-state index is 0.374. The van der Waals surface area contributed by atoms with Crippen LogP contribution in [-0.4, -0.2) is 35.4 Å². The normalized spacial score (nSPS) is 14.5. The van der Waals surface area contributed by atoms with Crippen molar-refractivity contribution in [2.75, 3.05) is 18.9 Å². The summed E-state index contributed by atoms with van der Waals surface area (Å²) in [6.07, 6.45) is -0.419. The maximum Gasteiger partial charge on any atom is 0.0864 e. The van der Waals surface area contributed by atoms with E-state index in [1.807, 2.05) is 30.3 Å². The molecule has 0 aliphatic rings. The van der Waals surface area contributed by atoms with Crippen LogP contribution in [-0.2, 0) is 11.3 Å². The summed E-state index contributed by atoms with van der Waals surface area (Å²) in [6, 6.07) is 9.96. The quantitative estimate of drug-likeness (QED) is 0.741. The van der Waals surface area contributed by atoms with Crippen molar-refractivity contribution in [3.8, 4) is 0 Å². The van der Waals surface area contributed by atoms with E-state index in [0.717, 1.165) is 5.56 Å². The van der Waals surface area contributed by atoms with Crippen LogP contribution in [0.1, 0.15) is 12.5 Å². The molecule has 0 bridgehead atoms. The van der Waals surface area contributed by atoms with Gasteiger partial charge in [-0.1, -0.05) is 37.3 Å². The Kier molecular flexibility index (Phi) is 7.28. The number of rotatable bonds is 8. The molecule has 1 aromatic rings. The lowest BCUT2D eigenvalue weighted by atomic mass is 10.2. The molecule has 0 aliphatic heterocycles. The molecule has 3 N–H and O–H groups in total. The maximum atomic E-state index is 9.68. The van der Waals surface area contributed by atoms with Gasteiger partial charge in [0.1, 0.15) is 0 Å². The highest BCUT2D eigenvalue weighted by atomic mass is 32.2. The Morgan fingerprint density at radius 3 is 2.71 bits per heavy atom. The van der Waals surface area contributed by atoms with E-state index in [1.54, 1.807) is 11.8 Å². The number of ether oxygens (including phenoxy) is 1. The van der Waals surface area contributed by atoms with Crippen LogP contribution >= 0.6 is 11.8 Å². The molecule has 0 aromatic heterocycles. The summed E-state index contributed by atoms with van der Waals surface area (Å²) in [6.45, 7) is 3.62. The zero-order valence-corrected chi connectivity index (χ0v) is 11.0. The number of benzene rings is 1. The van der Waals surface area contributed by atoms with E-state index in [4.69, 9.17) is 10.5 Å². The first-order chi connectivity index (χ1) is 8.22. The lowest BCUT2D eigenvalue weighted by Crippen LogP contribution is -2.21. The molecule has 96 valence electrons. The fourth-order valence-electron chi connectivity index (χ4n) is 1.28. The first-order valence-corrected chi connectivity index (χ1v) is 6.88. The van der Waals surface area contributed by atoms with E-state index < -0.39 is 6.10 Å². The van der Waals surface area contributed by atoms with Gasteiger partial charge in [0.2, 0.25) is 0 Å². The zero-order chi connectivity index (χ0) is 12.5. The molecular formula is C13H21NO2S. The summed E-state index contributed by atoms with van der Waals surface area (Å²) in [5.41, 5.74) is 6.63. The first-order valence-electron chi connectivity index (χ1n) is 5.83. The van der Waals surface area contributed by atoms with Crippen molar-refractivity contribution >= 4 is 11.8 Å². The van der Waals surface area contributed by atoms with Crippen LogP contribution in [0.2, 0.25) is 0 Å². The summed E-state index contributed by atoms with van der Waals surface area (Å²) in [5, 5.41) is 10.1. The Balaban J connectivity index is 2.10. The molecule has 4 heteroatoms. The Morgan fingerprint density at radius 2 is 2.06 bits per heavy atom. The van der Waals surface area contributed by atoms with Gasteiger partial charge >= 0.3 is 0 Å². The van der Waals surface area contributed by atoms with Crippen LogP contribution in [0.3, 0.4) is 0 Å². The molecule has 1 rings (SSSR count). The fourth-order valence-corrected chi connectivity index (χ4v) is 2.06. The van der Waals surface area contributed by atoms with Gasteiger partial charge in [-0.2, -0.15) is 11.8 Å². The molecule has 0 saturated heterocycles. The number of aliphatic hydroxyl groups excluding tert-OH is 1. The lowest BCUT2D eigenvalue weighted by Gasteiger charge is -2.13. The minimum atomic E-state index is -0.419. The van der Waals surface area contributed by atoms with Gasteiger partial charge in [-0.25, -0.2) is 0 Å². The van der Waals surface area contributed by atoms with Crippen molar-refractivity contribution in [1.82, 2.24) is 0 Å². The molecule has 2 atom stereocenters. The predicted molar refractivity (Wildman–Crippen MR) is 73.1 cm³/mol. The average molecular weight is 255 g/mol. The Labute approximate surface area is 107 Å². The van der Waals surface area contributed by atoms with E-state index >= 15 is 0 Å².